The molecule has 0 bridgehead atoms. The number of ether oxygens (including phenoxy) is 1. The molecule has 5 heteroatoms. The predicted octanol–water partition coefficient (Wildman–Crippen LogP) is 2.16. The van der Waals surface area contributed by atoms with Crippen LogP contribution >= 0.6 is 11.6 Å². The Morgan fingerprint density at radius 1 is 1.22 bits per heavy atom. The summed E-state index contributed by atoms with van der Waals surface area (Å²) in [6.07, 6.45) is 0. The summed E-state index contributed by atoms with van der Waals surface area (Å²) < 4.78 is 6.46. The molecule has 2 aromatic rings. The van der Waals surface area contributed by atoms with Crippen molar-refractivity contribution in [2.75, 3.05) is 13.0 Å². The number of benzene rings is 1. The summed E-state index contributed by atoms with van der Waals surface area (Å²) in [5, 5.41) is 4.27. The number of nitrogens with zero attached hydrogens (tertiary/aromatic N) is 2. The number of rotatable bonds is 4. The molecular weight excluding hydrogens is 252 g/mol. The summed E-state index contributed by atoms with van der Waals surface area (Å²) in [6.45, 7) is 0.407. The lowest BCUT2D eigenvalue weighted by Crippen LogP contribution is -2.22. The van der Waals surface area contributed by atoms with Crippen LogP contribution in [0.4, 0.5) is 0 Å². The highest BCUT2D eigenvalue weighted by molar-refractivity contribution is 6.17. The van der Waals surface area contributed by atoms with Gasteiger partial charge in [0.15, 0.2) is 0 Å². The third-order valence-electron chi connectivity index (χ3n) is 2.55. The summed E-state index contributed by atoms with van der Waals surface area (Å²) in [4.78, 5) is 11.5. The molecule has 0 aliphatic rings. The van der Waals surface area contributed by atoms with Gasteiger partial charge in [-0.25, -0.2) is 4.68 Å². The number of aromatic nitrogens is 2. The first-order valence-corrected chi connectivity index (χ1v) is 6.06. The summed E-state index contributed by atoms with van der Waals surface area (Å²) in [7, 11) is 1.62. The second kappa shape index (κ2) is 5.69. The van der Waals surface area contributed by atoms with Crippen molar-refractivity contribution in [1.29, 1.82) is 0 Å². The average molecular weight is 265 g/mol. The van der Waals surface area contributed by atoms with Gasteiger partial charge in [0.05, 0.1) is 19.3 Å². The van der Waals surface area contributed by atoms with Gasteiger partial charge in [-0.15, -0.1) is 11.6 Å². The van der Waals surface area contributed by atoms with Crippen molar-refractivity contribution in [1.82, 2.24) is 9.78 Å². The Morgan fingerprint density at radius 2 is 1.94 bits per heavy atom. The van der Waals surface area contributed by atoms with E-state index in [9.17, 15) is 4.79 Å². The Labute approximate surface area is 110 Å². The summed E-state index contributed by atoms with van der Waals surface area (Å²) >= 11 is 5.63. The van der Waals surface area contributed by atoms with Crippen molar-refractivity contribution in [2.45, 2.75) is 6.54 Å². The first-order valence-electron chi connectivity index (χ1n) is 5.53. The third kappa shape index (κ3) is 2.71. The maximum absolute atomic E-state index is 11.5. The minimum absolute atomic E-state index is 0.145. The minimum atomic E-state index is -0.145. The first-order chi connectivity index (χ1) is 8.74. The van der Waals surface area contributed by atoms with E-state index in [4.69, 9.17) is 16.3 Å². The van der Waals surface area contributed by atoms with Crippen LogP contribution in [0.3, 0.4) is 0 Å². The van der Waals surface area contributed by atoms with Gasteiger partial charge in [-0.1, -0.05) is 0 Å². The average Bonchev–Trinajstić information content (AvgIpc) is 2.42. The highest BCUT2D eigenvalue weighted by Crippen LogP contribution is 2.19. The second-order valence-corrected chi connectivity index (χ2v) is 4.08. The van der Waals surface area contributed by atoms with Gasteiger partial charge < -0.3 is 4.74 Å². The molecule has 0 saturated carbocycles. The van der Waals surface area contributed by atoms with Crippen LogP contribution in [-0.2, 0) is 6.54 Å². The van der Waals surface area contributed by atoms with Crippen molar-refractivity contribution in [3.05, 3.63) is 46.8 Å². The molecule has 1 aromatic heterocycles. The first kappa shape index (κ1) is 12.6. The van der Waals surface area contributed by atoms with Crippen molar-refractivity contribution in [2.24, 2.45) is 0 Å². The number of hydrogen-bond acceptors (Lipinski definition) is 3. The van der Waals surface area contributed by atoms with E-state index in [-0.39, 0.29) is 5.56 Å². The SMILES string of the molecule is COc1ccc(-c2ccc(=O)n(CCCl)n2)cc1. The molecule has 4 nitrogen and oxygen atoms in total. The normalized spacial score (nSPS) is 10.3. The number of halogens is 1. The molecular formula is C13H13ClN2O2. The number of aryl methyl sites for hydroxylation is 1. The van der Waals surface area contributed by atoms with Crippen LogP contribution in [0.1, 0.15) is 0 Å². The van der Waals surface area contributed by atoms with E-state index in [2.05, 4.69) is 5.10 Å². The molecule has 1 aromatic carbocycles. The molecule has 0 spiro atoms. The van der Waals surface area contributed by atoms with Crippen LogP contribution in [0.15, 0.2) is 41.2 Å². The van der Waals surface area contributed by atoms with E-state index in [0.29, 0.717) is 12.4 Å². The van der Waals surface area contributed by atoms with E-state index in [1.54, 1.807) is 13.2 Å². The van der Waals surface area contributed by atoms with Crippen LogP contribution < -0.4 is 10.3 Å². The van der Waals surface area contributed by atoms with Crippen LogP contribution in [0.2, 0.25) is 0 Å². The Balaban J connectivity index is 2.37. The second-order valence-electron chi connectivity index (χ2n) is 3.70. The van der Waals surface area contributed by atoms with Gasteiger partial charge in [0.2, 0.25) is 0 Å². The minimum Gasteiger partial charge on any atom is -0.497 e. The van der Waals surface area contributed by atoms with Crippen molar-refractivity contribution in [3.63, 3.8) is 0 Å². The zero-order valence-electron chi connectivity index (χ0n) is 9.97. The smallest absolute Gasteiger partial charge is 0.266 e. The fourth-order valence-electron chi connectivity index (χ4n) is 1.60. The molecule has 0 aliphatic carbocycles. The third-order valence-corrected chi connectivity index (χ3v) is 2.72. The molecule has 0 fully saturated rings. The molecule has 2 rings (SSSR count). The number of methoxy groups -OCH3 is 1. The van der Waals surface area contributed by atoms with Crippen LogP contribution in [0, 0.1) is 0 Å². The zero-order chi connectivity index (χ0) is 13.0. The monoisotopic (exact) mass is 264 g/mol. The summed E-state index contributed by atoms with van der Waals surface area (Å²) in [5.74, 6) is 1.15. The van der Waals surface area contributed by atoms with Crippen molar-refractivity contribution >= 4 is 11.6 Å². The Hall–Kier alpha value is -1.81. The van der Waals surface area contributed by atoms with E-state index in [1.807, 2.05) is 24.3 Å². The highest BCUT2D eigenvalue weighted by atomic mass is 35.5. The molecule has 0 N–H and O–H groups in total. The molecule has 94 valence electrons. The number of alkyl halides is 1. The zero-order valence-corrected chi connectivity index (χ0v) is 10.7. The highest BCUT2D eigenvalue weighted by Gasteiger charge is 2.03. The lowest BCUT2D eigenvalue weighted by Gasteiger charge is -2.06. The van der Waals surface area contributed by atoms with E-state index < -0.39 is 0 Å². The molecule has 0 unspecified atom stereocenters. The van der Waals surface area contributed by atoms with Crippen molar-refractivity contribution in [3.8, 4) is 17.0 Å². The Bertz CT molecular complexity index is 578. The van der Waals surface area contributed by atoms with Gasteiger partial charge in [-0.05, 0) is 30.3 Å². The molecule has 0 amide bonds. The van der Waals surface area contributed by atoms with E-state index >= 15 is 0 Å². The van der Waals surface area contributed by atoms with Gasteiger partial charge >= 0.3 is 0 Å². The van der Waals surface area contributed by atoms with Gasteiger partial charge in [0, 0.05) is 17.5 Å². The molecule has 0 atom stereocenters. The number of hydrogen-bond donors (Lipinski definition) is 0. The quantitative estimate of drug-likeness (QED) is 0.795. The fraction of sp³-hybridized carbons (Fsp3) is 0.231. The van der Waals surface area contributed by atoms with Crippen molar-refractivity contribution < 1.29 is 4.74 Å². The predicted molar refractivity (Wildman–Crippen MR) is 71.2 cm³/mol. The molecule has 0 radical (unpaired) electrons. The van der Waals surface area contributed by atoms with E-state index in [1.165, 1.54) is 10.7 Å². The van der Waals surface area contributed by atoms with Gasteiger partial charge in [0.25, 0.3) is 5.56 Å². The maximum atomic E-state index is 11.5. The Morgan fingerprint density at radius 3 is 2.56 bits per heavy atom. The van der Waals surface area contributed by atoms with Crippen LogP contribution in [0.25, 0.3) is 11.3 Å². The van der Waals surface area contributed by atoms with E-state index in [0.717, 1.165) is 17.0 Å². The van der Waals surface area contributed by atoms with Crippen LogP contribution in [-0.4, -0.2) is 22.8 Å². The van der Waals surface area contributed by atoms with Crippen LogP contribution in [0.5, 0.6) is 5.75 Å². The lowest BCUT2D eigenvalue weighted by molar-refractivity contribution is 0.415. The summed E-state index contributed by atoms with van der Waals surface area (Å²) in [6, 6.07) is 10.7. The van der Waals surface area contributed by atoms with Gasteiger partial charge in [0.1, 0.15) is 5.75 Å². The standard InChI is InChI=1S/C13H13ClN2O2/c1-18-11-4-2-10(3-5-11)12-6-7-13(17)16(15-12)9-8-14/h2-7H,8-9H2,1H3. The summed E-state index contributed by atoms with van der Waals surface area (Å²) in [5.41, 5.74) is 1.52. The van der Waals surface area contributed by atoms with Gasteiger partial charge in [-0.3, -0.25) is 4.79 Å². The largest absolute Gasteiger partial charge is 0.497 e. The molecule has 18 heavy (non-hydrogen) atoms. The fourth-order valence-corrected chi connectivity index (χ4v) is 1.77. The van der Waals surface area contributed by atoms with Gasteiger partial charge in [-0.2, -0.15) is 5.10 Å². The maximum Gasteiger partial charge on any atom is 0.266 e. The lowest BCUT2D eigenvalue weighted by atomic mass is 10.1. The Kier molecular flexibility index (Phi) is 3.99. The molecule has 0 aliphatic heterocycles. The molecule has 0 saturated heterocycles. The topological polar surface area (TPSA) is 44.1 Å². The molecule has 1 heterocycles.